The number of aromatic nitrogens is 2. The molecule has 2 aromatic carbocycles. The fourth-order valence-electron chi connectivity index (χ4n) is 3.52. The molecule has 0 aliphatic rings. The fraction of sp³-hybridized carbons (Fsp3) is 0.174. The summed E-state index contributed by atoms with van der Waals surface area (Å²) < 4.78 is 16.3. The van der Waals surface area contributed by atoms with Gasteiger partial charge in [-0.25, -0.2) is 13.8 Å². The van der Waals surface area contributed by atoms with Gasteiger partial charge in [-0.3, -0.25) is 14.2 Å². The Morgan fingerprint density at radius 2 is 1.90 bits per heavy atom. The first-order chi connectivity index (χ1) is 14.9. The standard InChI is InChI=1S/C23H20FN3O3S/c1-3-15-6-4-5-7-18(15)25-20(28)13-26-19-10-11-31-21(19)22(29)27(23(26)30)16-8-9-17(24)14(2)12-16/h4-12H,3,13H2,1-2H3,(H,25,28). The first kappa shape index (κ1) is 20.7. The van der Waals surface area contributed by atoms with Gasteiger partial charge in [0.05, 0.1) is 11.2 Å². The van der Waals surface area contributed by atoms with Crippen molar-refractivity contribution >= 4 is 33.1 Å². The van der Waals surface area contributed by atoms with Crippen LogP contribution in [0.3, 0.4) is 0 Å². The van der Waals surface area contributed by atoms with Crippen LogP contribution >= 0.6 is 11.3 Å². The quantitative estimate of drug-likeness (QED) is 0.515. The van der Waals surface area contributed by atoms with E-state index in [0.717, 1.165) is 16.6 Å². The Morgan fingerprint density at radius 3 is 2.65 bits per heavy atom. The summed E-state index contributed by atoms with van der Waals surface area (Å²) in [6.07, 6.45) is 0.750. The van der Waals surface area contributed by atoms with Crippen molar-refractivity contribution in [3.63, 3.8) is 0 Å². The summed E-state index contributed by atoms with van der Waals surface area (Å²) in [5.74, 6) is -0.806. The molecule has 1 amide bonds. The number of benzene rings is 2. The SMILES string of the molecule is CCc1ccccc1NC(=O)Cn1c(=O)n(-c2ccc(F)c(C)c2)c(=O)c2sccc21. The minimum absolute atomic E-state index is 0.259. The first-order valence-electron chi connectivity index (χ1n) is 9.78. The van der Waals surface area contributed by atoms with Crippen LogP contribution in [0, 0.1) is 12.7 Å². The molecule has 2 aromatic heterocycles. The predicted molar refractivity (Wildman–Crippen MR) is 121 cm³/mol. The fourth-order valence-corrected chi connectivity index (χ4v) is 4.34. The Bertz CT molecular complexity index is 1420. The van der Waals surface area contributed by atoms with Crippen LogP contribution < -0.4 is 16.6 Å². The molecule has 0 unspecified atom stereocenters. The summed E-state index contributed by atoms with van der Waals surface area (Å²) in [4.78, 5) is 39.0. The van der Waals surface area contributed by atoms with Crippen LogP contribution in [0.2, 0.25) is 0 Å². The highest BCUT2D eigenvalue weighted by molar-refractivity contribution is 7.17. The van der Waals surface area contributed by atoms with E-state index < -0.39 is 17.1 Å². The lowest BCUT2D eigenvalue weighted by Crippen LogP contribution is -2.40. The second kappa shape index (κ2) is 8.31. The minimum Gasteiger partial charge on any atom is -0.324 e. The number of aryl methyl sites for hydroxylation is 2. The highest BCUT2D eigenvalue weighted by atomic mass is 32.1. The van der Waals surface area contributed by atoms with Gasteiger partial charge in [-0.2, -0.15) is 0 Å². The molecule has 4 rings (SSSR count). The number of halogens is 1. The monoisotopic (exact) mass is 437 g/mol. The van der Waals surface area contributed by atoms with Crippen molar-refractivity contribution < 1.29 is 9.18 Å². The maximum absolute atomic E-state index is 13.7. The molecule has 0 radical (unpaired) electrons. The Balaban J connectivity index is 1.80. The van der Waals surface area contributed by atoms with Crippen molar-refractivity contribution in [2.24, 2.45) is 0 Å². The molecule has 0 fully saturated rings. The van der Waals surface area contributed by atoms with Crippen molar-refractivity contribution in [1.82, 2.24) is 9.13 Å². The van der Waals surface area contributed by atoms with Gasteiger partial charge in [-0.15, -0.1) is 11.3 Å². The Hall–Kier alpha value is -3.52. The molecule has 0 spiro atoms. The Morgan fingerprint density at radius 1 is 1.13 bits per heavy atom. The lowest BCUT2D eigenvalue weighted by Gasteiger charge is -2.14. The molecule has 1 N–H and O–H groups in total. The number of para-hydroxylation sites is 1. The zero-order chi connectivity index (χ0) is 22.1. The summed E-state index contributed by atoms with van der Waals surface area (Å²) >= 11 is 1.19. The number of carbonyl (C=O) groups excluding carboxylic acids is 1. The maximum atomic E-state index is 13.7. The van der Waals surface area contributed by atoms with Gasteiger partial charge < -0.3 is 5.32 Å². The van der Waals surface area contributed by atoms with Crippen molar-refractivity contribution in [2.75, 3.05) is 5.32 Å². The second-order valence-corrected chi connectivity index (χ2v) is 8.05. The van der Waals surface area contributed by atoms with Gasteiger partial charge >= 0.3 is 5.69 Å². The van der Waals surface area contributed by atoms with Gasteiger partial charge in [0, 0.05) is 5.69 Å². The largest absolute Gasteiger partial charge is 0.336 e. The zero-order valence-corrected chi connectivity index (χ0v) is 17.8. The lowest BCUT2D eigenvalue weighted by molar-refractivity contribution is -0.116. The third-order valence-electron chi connectivity index (χ3n) is 5.13. The van der Waals surface area contributed by atoms with E-state index in [2.05, 4.69) is 5.32 Å². The number of hydrogen-bond donors (Lipinski definition) is 1. The van der Waals surface area contributed by atoms with E-state index in [4.69, 9.17) is 0 Å². The first-order valence-corrected chi connectivity index (χ1v) is 10.7. The van der Waals surface area contributed by atoms with Crippen LogP contribution in [-0.4, -0.2) is 15.0 Å². The molecular formula is C23H20FN3O3S. The third-order valence-corrected chi connectivity index (χ3v) is 6.02. The van der Waals surface area contributed by atoms with Crippen molar-refractivity contribution in [3.05, 3.63) is 91.7 Å². The molecule has 31 heavy (non-hydrogen) atoms. The molecule has 158 valence electrons. The van der Waals surface area contributed by atoms with E-state index in [1.165, 1.54) is 34.1 Å². The number of rotatable bonds is 5. The number of anilines is 1. The third kappa shape index (κ3) is 3.82. The molecule has 0 saturated heterocycles. The Kier molecular flexibility index (Phi) is 5.56. The Labute approximate surface area is 181 Å². The van der Waals surface area contributed by atoms with Crippen molar-refractivity contribution in [2.45, 2.75) is 26.8 Å². The van der Waals surface area contributed by atoms with Gasteiger partial charge in [0.2, 0.25) is 5.91 Å². The number of carbonyl (C=O) groups is 1. The topological polar surface area (TPSA) is 73.1 Å². The number of hydrogen-bond acceptors (Lipinski definition) is 4. The molecule has 0 aliphatic heterocycles. The van der Waals surface area contributed by atoms with Crippen molar-refractivity contribution in [1.29, 1.82) is 0 Å². The average molecular weight is 437 g/mol. The number of nitrogens with zero attached hydrogens (tertiary/aromatic N) is 2. The van der Waals surface area contributed by atoms with Gasteiger partial charge in [-0.05, 0) is 60.2 Å². The zero-order valence-electron chi connectivity index (χ0n) is 17.0. The average Bonchev–Trinajstić information content (AvgIpc) is 3.24. The van der Waals surface area contributed by atoms with E-state index in [1.807, 2.05) is 31.2 Å². The summed E-state index contributed by atoms with van der Waals surface area (Å²) in [7, 11) is 0. The summed E-state index contributed by atoms with van der Waals surface area (Å²) in [6, 6.07) is 13.2. The van der Waals surface area contributed by atoms with Crippen LogP contribution in [0.15, 0.2) is 63.5 Å². The number of nitrogens with one attached hydrogen (secondary N) is 1. The highest BCUT2D eigenvalue weighted by Gasteiger charge is 2.18. The molecule has 8 heteroatoms. The molecule has 4 aromatic rings. The van der Waals surface area contributed by atoms with E-state index >= 15 is 0 Å². The minimum atomic E-state index is -0.652. The van der Waals surface area contributed by atoms with Crippen LogP contribution in [0.4, 0.5) is 10.1 Å². The van der Waals surface area contributed by atoms with Crippen LogP contribution in [-0.2, 0) is 17.8 Å². The normalized spacial score (nSPS) is 11.1. The number of amides is 1. The highest BCUT2D eigenvalue weighted by Crippen LogP contribution is 2.19. The maximum Gasteiger partial charge on any atom is 0.336 e. The predicted octanol–water partition coefficient (Wildman–Crippen LogP) is 3.86. The number of fused-ring (bicyclic) bond motifs is 1. The van der Waals surface area contributed by atoms with E-state index in [9.17, 15) is 18.8 Å². The molecular weight excluding hydrogens is 417 g/mol. The number of thiophene rings is 1. The van der Waals surface area contributed by atoms with Gasteiger partial charge in [0.15, 0.2) is 0 Å². The van der Waals surface area contributed by atoms with Gasteiger partial charge in [-0.1, -0.05) is 25.1 Å². The second-order valence-electron chi connectivity index (χ2n) is 7.14. The molecule has 0 aliphatic carbocycles. The lowest BCUT2D eigenvalue weighted by atomic mass is 10.1. The van der Waals surface area contributed by atoms with Crippen LogP contribution in [0.25, 0.3) is 15.9 Å². The van der Waals surface area contributed by atoms with E-state index in [1.54, 1.807) is 18.4 Å². The summed E-state index contributed by atoms with van der Waals surface area (Å²) in [5.41, 5.74) is 1.50. The van der Waals surface area contributed by atoms with E-state index in [-0.39, 0.29) is 18.1 Å². The molecule has 6 nitrogen and oxygen atoms in total. The molecule has 0 saturated carbocycles. The smallest absolute Gasteiger partial charge is 0.324 e. The van der Waals surface area contributed by atoms with Gasteiger partial charge in [0.1, 0.15) is 17.1 Å². The van der Waals surface area contributed by atoms with E-state index in [0.29, 0.717) is 21.5 Å². The van der Waals surface area contributed by atoms with Crippen LogP contribution in [0.1, 0.15) is 18.1 Å². The molecule has 0 atom stereocenters. The summed E-state index contributed by atoms with van der Waals surface area (Å²) in [6.45, 7) is 3.29. The molecule has 2 heterocycles. The van der Waals surface area contributed by atoms with Crippen LogP contribution in [0.5, 0.6) is 0 Å². The summed E-state index contributed by atoms with van der Waals surface area (Å²) in [5, 5.41) is 4.55. The van der Waals surface area contributed by atoms with Crippen molar-refractivity contribution in [3.8, 4) is 5.69 Å². The molecule has 0 bridgehead atoms. The van der Waals surface area contributed by atoms with Gasteiger partial charge in [0.25, 0.3) is 5.56 Å².